The van der Waals surface area contributed by atoms with Crippen LogP contribution in [0.1, 0.15) is 58.3 Å². The number of amidine groups is 1. The normalized spacial score (nSPS) is 21.8. The van der Waals surface area contributed by atoms with Crippen molar-refractivity contribution in [3.05, 3.63) is 0 Å². The van der Waals surface area contributed by atoms with Crippen LogP contribution in [0.4, 0.5) is 0 Å². The molecule has 1 aliphatic heterocycles. The lowest BCUT2D eigenvalue weighted by atomic mass is 10.1. The summed E-state index contributed by atoms with van der Waals surface area (Å²) in [5, 5.41) is 4.34. The summed E-state index contributed by atoms with van der Waals surface area (Å²) in [6, 6.07) is 0.392. The maximum atomic E-state index is 12.6. The minimum absolute atomic E-state index is 0.0116. The van der Waals surface area contributed by atoms with E-state index in [9.17, 15) is 4.79 Å². The van der Waals surface area contributed by atoms with E-state index in [1.807, 2.05) is 0 Å². The van der Waals surface area contributed by atoms with Gasteiger partial charge >= 0.3 is 0 Å². The maximum absolute atomic E-state index is 12.6. The Morgan fingerprint density at radius 1 is 1.38 bits per heavy atom. The Morgan fingerprint density at radius 3 is 2.67 bits per heavy atom. The highest BCUT2D eigenvalue weighted by atomic mass is 32.2. The Labute approximate surface area is 133 Å². The number of amides is 1. The average molecular weight is 311 g/mol. The average Bonchev–Trinajstić information content (AvgIpc) is 2.72. The molecule has 2 aliphatic rings. The van der Waals surface area contributed by atoms with Crippen molar-refractivity contribution < 1.29 is 4.79 Å². The van der Waals surface area contributed by atoms with E-state index in [0.29, 0.717) is 6.04 Å². The molecule has 0 aromatic carbocycles. The van der Waals surface area contributed by atoms with Gasteiger partial charge in [-0.15, -0.1) is 0 Å². The van der Waals surface area contributed by atoms with Crippen LogP contribution in [0.15, 0.2) is 4.99 Å². The van der Waals surface area contributed by atoms with Crippen molar-refractivity contribution in [2.24, 2.45) is 4.99 Å². The molecule has 120 valence electrons. The Bertz CT molecular complexity index is 365. The second-order valence-corrected chi connectivity index (χ2v) is 7.35. The van der Waals surface area contributed by atoms with Crippen molar-refractivity contribution in [1.82, 2.24) is 10.2 Å². The molecule has 1 atom stereocenters. The topological polar surface area (TPSA) is 44.7 Å². The minimum Gasteiger partial charge on any atom is -0.353 e. The number of hydrogen-bond donors (Lipinski definition) is 1. The van der Waals surface area contributed by atoms with Crippen molar-refractivity contribution >= 4 is 22.8 Å². The van der Waals surface area contributed by atoms with Crippen molar-refractivity contribution in [2.75, 3.05) is 20.1 Å². The van der Waals surface area contributed by atoms with Gasteiger partial charge in [0.2, 0.25) is 5.91 Å². The first-order valence-electron chi connectivity index (χ1n) is 8.43. The molecule has 0 aromatic heterocycles. The van der Waals surface area contributed by atoms with Gasteiger partial charge in [0.25, 0.3) is 0 Å². The molecule has 0 radical (unpaired) electrons. The van der Waals surface area contributed by atoms with E-state index in [-0.39, 0.29) is 11.2 Å². The molecule has 0 spiro atoms. The van der Waals surface area contributed by atoms with Gasteiger partial charge in [0.1, 0.15) is 0 Å². The summed E-state index contributed by atoms with van der Waals surface area (Å²) in [5.74, 6) is 0.219. The number of nitrogens with zero attached hydrogens (tertiary/aromatic N) is 2. The Balaban J connectivity index is 1.88. The number of carbonyl (C=O) groups is 1. The number of thioether (sulfide) groups is 1. The first kappa shape index (κ1) is 16.7. The number of likely N-dealkylation sites (N-methyl/N-ethyl adjacent to an activating group) is 1. The van der Waals surface area contributed by atoms with Crippen molar-refractivity contribution in [3.63, 3.8) is 0 Å². The fourth-order valence-corrected chi connectivity index (χ4v) is 4.21. The van der Waals surface area contributed by atoms with Gasteiger partial charge in [-0.05, 0) is 19.3 Å². The molecule has 1 fully saturated rings. The quantitative estimate of drug-likeness (QED) is 0.794. The van der Waals surface area contributed by atoms with Gasteiger partial charge in [0.15, 0.2) is 5.17 Å². The van der Waals surface area contributed by atoms with E-state index in [2.05, 4.69) is 29.2 Å². The molecule has 21 heavy (non-hydrogen) atoms. The molecule has 1 unspecified atom stereocenters. The van der Waals surface area contributed by atoms with E-state index in [1.165, 1.54) is 25.7 Å². The summed E-state index contributed by atoms with van der Waals surface area (Å²) in [5.41, 5.74) is 0. The summed E-state index contributed by atoms with van der Waals surface area (Å²) in [4.78, 5) is 19.3. The first-order valence-corrected chi connectivity index (χ1v) is 9.31. The zero-order valence-corrected chi connectivity index (χ0v) is 14.3. The van der Waals surface area contributed by atoms with Gasteiger partial charge in [-0.2, -0.15) is 0 Å². The largest absolute Gasteiger partial charge is 0.353 e. The molecule has 0 aromatic rings. The molecule has 2 rings (SSSR count). The van der Waals surface area contributed by atoms with Crippen LogP contribution in [0.5, 0.6) is 0 Å². The molecule has 0 bridgehead atoms. The first-order chi connectivity index (χ1) is 10.2. The molecule has 1 heterocycles. The van der Waals surface area contributed by atoms with Crippen LogP contribution in [0.25, 0.3) is 0 Å². The monoisotopic (exact) mass is 311 g/mol. The summed E-state index contributed by atoms with van der Waals surface area (Å²) >= 11 is 1.65. The lowest BCUT2D eigenvalue weighted by Gasteiger charge is -2.23. The minimum atomic E-state index is 0.0116. The smallest absolute Gasteiger partial charge is 0.233 e. The molecule has 1 N–H and O–H groups in total. The van der Waals surface area contributed by atoms with Gasteiger partial charge in [-0.25, -0.2) is 0 Å². The highest BCUT2D eigenvalue weighted by Gasteiger charge is 2.26. The van der Waals surface area contributed by atoms with Gasteiger partial charge in [-0.1, -0.05) is 50.8 Å². The number of nitrogens with one attached hydrogen (secondary N) is 1. The number of rotatable bonds is 5. The fraction of sp³-hybridized carbons (Fsp3) is 0.875. The Kier molecular flexibility index (Phi) is 6.87. The summed E-state index contributed by atoms with van der Waals surface area (Å²) < 4.78 is 0. The lowest BCUT2D eigenvalue weighted by molar-refractivity contribution is -0.121. The maximum Gasteiger partial charge on any atom is 0.233 e. The second-order valence-electron chi connectivity index (χ2n) is 6.18. The predicted molar refractivity (Wildman–Crippen MR) is 90.9 cm³/mol. The van der Waals surface area contributed by atoms with Crippen molar-refractivity contribution in [3.8, 4) is 0 Å². The second kappa shape index (κ2) is 8.66. The number of aliphatic imine (C=N–C) groups is 1. The molecule has 4 nitrogen and oxygen atoms in total. The summed E-state index contributed by atoms with van der Waals surface area (Å²) in [6.45, 7) is 3.99. The van der Waals surface area contributed by atoms with E-state index < -0.39 is 0 Å². The standard InChI is InChI=1S/C16H29N3OS/c1-3-8-14(21-16-17-11-12-19(16)2)15(20)18-13-9-6-4-5-7-10-13/h13-14H,3-12H2,1-2H3,(H,18,20). The van der Waals surface area contributed by atoms with Gasteiger partial charge in [-0.3, -0.25) is 9.79 Å². The van der Waals surface area contributed by atoms with Crippen molar-refractivity contribution in [2.45, 2.75) is 69.6 Å². The molecule has 0 saturated heterocycles. The van der Waals surface area contributed by atoms with Gasteiger partial charge in [0, 0.05) is 19.6 Å². The molecular weight excluding hydrogens is 282 g/mol. The molecule has 1 aliphatic carbocycles. The van der Waals surface area contributed by atoms with Crippen LogP contribution < -0.4 is 5.32 Å². The van der Waals surface area contributed by atoms with E-state index in [1.54, 1.807) is 11.8 Å². The van der Waals surface area contributed by atoms with Crippen LogP contribution in [-0.2, 0) is 4.79 Å². The Hall–Kier alpha value is -0.710. The van der Waals surface area contributed by atoms with Crippen molar-refractivity contribution in [1.29, 1.82) is 0 Å². The third-order valence-corrected chi connectivity index (χ3v) is 5.69. The Morgan fingerprint density at radius 2 is 2.10 bits per heavy atom. The SMILES string of the molecule is CCCC(SC1=NCCN1C)C(=O)NC1CCCCCC1. The highest BCUT2D eigenvalue weighted by molar-refractivity contribution is 8.14. The molecule has 1 saturated carbocycles. The summed E-state index contributed by atoms with van der Waals surface area (Å²) in [6.07, 6.45) is 9.41. The van der Waals surface area contributed by atoms with Gasteiger partial charge < -0.3 is 10.2 Å². The van der Waals surface area contributed by atoms with E-state index in [0.717, 1.165) is 43.9 Å². The zero-order valence-electron chi connectivity index (χ0n) is 13.4. The number of carbonyl (C=O) groups excluding carboxylic acids is 1. The van der Waals surface area contributed by atoms with Crippen LogP contribution in [0, 0.1) is 0 Å². The number of hydrogen-bond acceptors (Lipinski definition) is 4. The molecular formula is C16H29N3OS. The highest BCUT2D eigenvalue weighted by Crippen LogP contribution is 2.24. The van der Waals surface area contributed by atoms with E-state index in [4.69, 9.17) is 0 Å². The third-order valence-electron chi connectivity index (χ3n) is 4.30. The zero-order chi connectivity index (χ0) is 15.1. The van der Waals surface area contributed by atoms with Crippen LogP contribution in [-0.4, -0.2) is 47.4 Å². The van der Waals surface area contributed by atoms with Gasteiger partial charge in [0.05, 0.1) is 11.8 Å². The van der Waals surface area contributed by atoms with Crippen LogP contribution in [0.3, 0.4) is 0 Å². The summed E-state index contributed by atoms with van der Waals surface area (Å²) in [7, 11) is 2.06. The van der Waals surface area contributed by atoms with Crippen LogP contribution >= 0.6 is 11.8 Å². The molecule has 1 amide bonds. The predicted octanol–water partition coefficient (Wildman–Crippen LogP) is 3.03. The fourth-order valence-electron chi connectivity index (χ4n) is 2.99. The third kappa shape index (κ3) is 5.20. The lowest BCUT2D eigenvalue weighted by Crippen LogP contribution is -2.41. The molecule has 5 heteroatoms. The van der Waals surface area contributed by atoms with Crippen LogP contribution in [0.2, 0.25) is 0 Å². The van der Waals surface area contributed by atoms with E-state index >= 15 is 0 Å².